The highest BCUT2D eigenvalue weighted by atomic mass is 19.4. The molecule has 2 aromatic rings. The van der Waals surface area contributed by atoms with Crippen molar-refractivity contribution in [2.45, 2.75) is 36.8 Å². The van der Waals surface area contributed by atoms with Gasteiger partial charge < -0.3 is 9.47 Å². The van der Waals surface area contributed by atoms with Crippen molar-refractivity contribution in [1.29, 1.82) is 0 Å². The summed E-state index contributed by atoms with van der Waals surface area (Å²) < 4.78 is 152. The summed E-state index contributed by atoms with van der Waals surface area (Å²) in [7, 11) is 0. The van der Waals surface area contributed by atoms with Crippen LogP contribution in [0.5, 0.6) is 11.5 Å². The molecule has 0 N–H and O–H groups in total. The molecule has 14 heteroatoms. The van der Waals surface area contributed by atoms with Gasteiger partial charge in [-0.05, 0) is 36.4 Å². The highest BCUT2D eigenvalue weighted by Crippen LogP contribution is 2.53. The zero-order chi connectivity index (χ0) is 26.5. The smallest absolute Gasteiger partial charge is 0.379 e. The Morgan fingerprint density at radius 3 is 1.33 bits per heavy atom. The maximum atomic E-state index is 14.5. The van der Waals surface area contributed by atoms with Gasteiger partial charge in [-0.25, -0.2) is 8.78 Å². The van der Waals surface area contributed by atoms with Gasteiger partial charge in [0.25, 0.3) is 0 Å². The molecule has 0 aromatic heterocycles. The molecule has 4 rings (SSSR count). The van der Waals surface area contributed by atoms with Crippen molar-refractivity contribution in [3.63, 3.8) is 0 Å². The number of halogens is 10. The predicted octanol–water partition coefficient (Wildman–Crippen LogP) is 5.51. The lowest BCUT2D eigenvalue weighted by molar-refractivity contribution is -0.370. The third kappa shape index (κ3) is 4.67. The normalized spacial score (nSPS) is 17.7. The lowest BCUT2D eigenvalue weighted by atomic mass is 9.97. The molecular formula is C22H18F10N2O2. The summed E-state index contributed by atoms with van der Waals surface area (Å²) in [6.07, 6.45) is 0. The first kappa shape index (κ1) is 26.3. The molecule has 0 atom stereocenters. The Bertz CT molecular complexity index is 1040. The monoisotopic (exact) mass is 532 g/mol. The van der Waals surface area contributed by atoms with Crippen LogP contribution in [0.2, 0.25) is 0 Å². The van der Waals surface area contributed by atoms with E-state index in [1.807, 2.05) is 0 Å². The molecule has 0 fully saturated rings. The second-order valence-corrected chi connectivity index (χ2v) is 8.58. The number of nitrogens with zero attached hydrogens (tertiary/aromatic N) is 2. The van der Waals surface area contributed by atoms with Gasteiger partial charge >= 0.3 is 23.7 Å². The molecule has 198 valence electrons. The molecule has 0 saturated carbocycles. The van der Waals surface area contributed by atoms with E-state index in [1.165, 1.54) is 12.1 Å². The minimum absolute atomic E-state index is 0.0146. The molecule has 0 unspecified atom stereocenters. The van der Waals surface area contributed by atoms with E-state index in [-0.39, 0.29) is 22.6 Å². The lowest BCUT2D eigenvalue weighted by Crippen LogP contribution is -2.66. The topological polar surface area (TPSA) is 24.9 Å². The van der Waals surface area contributed by atoms with Crippen LogP contribution in [0.3, 0.4) is 0 Å². The van der Waals surface area contributed by atoms with Gasteiger partial charge in [-0.3, -0.25) is 9.80 Å². The van der Waals surface area contributed by atoms with Crippen LogP contribution >= 0.6 is 0 Å². The van der Waals surface area contributed by atoms with E-state index in [4.69, 9.17) is 9.47 Å². The standard InChI is InChI=1S/C22H18F10N2O2/c23-15-1-3-17-13(5-15)7-33(11-35-17)9-19(25,26)21(29,30)22(31,32)20(27,28)10-34-8-14-6-16(24)2-4-18(14)36-12-34/h1-6H,7-12H2. The van der Waals surface area contributed by atoms with E-state index in [2.05, 4.69) is 0 Å². The lowest BCUT2D eigenvalue weighted by Gasteiger charge is -2.41. The third-order valence-corrected chi connectivity index (χ3v) is 5.80. The molecule has 0 saturated heterocycles. The van der Waals surface area contributed by atoms with Crippen molar-refractivity contribution in [1.82, 2.24) is 9.80 Å². The number of rotatable bonds is 7. The molecule has 2 aromatic carbocycles. The summed E-state index contributed by atoms with van der Waals surface area (Å²) >= 11 is 0. The van der Waals surface area contributed by atoms with Crippen molar-refractivity contribution < 1.29 is 53.4 Å². The van der Waals surface area contributed by atoms with Crippen LogP contribution in [0.1, 0.15) is 11.1 Å². The van der Waals surface area contributed by atoms with Gasteiger partial charge in [0.2, 0.25) is 0 Å². The molecule has 0 spiro atoms. The fourth-order valence-electron chi connectivity index (χ4n) is 3.94. The number of alkyl halides is 8. The largest absolute Gasteiger partial charge is 0.478 e. The fraction of sp³-hybridized carbons (Fsp3) is 0.455. The Hall–Kier alpha value is -2.74. The molecule has 0 bridgehead atoms. The highest BCUT2D eigenvalue weighted by molar-refractivity contribution is 5.36. The van der Waals surface area contributed by atoms with Crippen molar-refractivity contribution in [2.75, 3.05) is 26.6 Å². The first-order valence-corrected chi connectivity index (χ1v) is 10.4. The van der Waals surface area contributed by atoms with Gasteiger partial charge in [-0.1, -0.05) is 0 Å². The maximum Gasteiger partial charge on any atom is 0.379 e. The minimum Gasteiger partial charge on any atom is -0.478 e. The number of fused-ring (bicyclic) bond motifs is 2. The SMILES string of the molecule is Fc1ccc2c(c1)CN(CC(F)(F)C(F)(F)C(F)(F)C(F)(F)CN1COc3ccc(F)cc3C1)CO2. The average Bonchev–Trinajstić information content (AvgIpc) is 2.77. The van der Waals surface area contributed by atoms with E-state index in [0.717, 1.165) is 24.3 Å². The van der Waals surface area contributed by atoms with Crippen molar-refractivity contribution in [3.8, 4) is 11.5 Å². The van der Waals surface area contributed by atoms with Crippen LogP contribution < -0.4 is 9.47 Å². The number of benzene rings is 2. The Balaban J connectivity index is 1.48. The first-order chi connectivity index (χ1) is 16.6. The minimum atomic E-state index is -6.49. The van der Waals surface area contributed by atoms with Gasteiger partial charge in [0, 0.05) is 24.2 Å². The maximum absolute atomic E-state index is 14.5. The van der Waals surface area contributed by atoms with Crippen LogP contribution in [0.15, 0.2) is 36.4 Å². The third-order valence-electron chi connectivity index (χ3n) is 5.80. The summed E-state index contributed by atoms with van der Waals surface area (Å²) in [5.41, 5.74) is -0.0291. The summed E-state index contributed by atoms with van der Waals surface area (Å²) in [4.78, 5) is 0.932. The second-order valence-electron chi connectivity index (χ2n) is 8.58. The molecule has 2 heterocycles. The van der Waals surface area contributed by atoms with Gasteiger partial charge in [-0.2, -0.15) is 35.1 Å². The molecule has 4 nitrogen and oxygen atoms in total. The van der Waals surface area contributed by atoms with E-state index in [0.29, 0.717) is 9.80 Å². The Morgan fingerprint density at radius 2 is 0.972 bits per heavy atom. The Morgan fingerprint density at radius 1 is 0.611 bits per heavy atom. The van der Waals surface area contributed by atoms with Gasteiger partial charge in [0.15, 0.2) is 0 Å². The zero-order valence-corrected chi connectivity index (χ0v) is 18.2. The Kier molecular flexibility index (Phi) is 6.56. The summed E-state index contributed by atoms with van der Waals surface area (Å²) in [6, 6.07) is 6.10. The Labute approximate surface area is 198 Å². The zero-order valence-electron chi connectivity index (χ0n) is 18.2. The summed E-state index contributed by atoms with van der Waals surface area (Å²) in [6.45, 7) is -6.76. The highest BCUT2D eigenvalue weighted by Gasteiger charge is 2.80. The molecule has 0 aliphatic carbocycles. The number of hydrogen-bond donors (Lipinski definition) is 0. The molecule has 36 heavy (non-hydrogen) atoms. The number of hydrogen-bond acceptors (Lipinski definition) is 4. The molecule has 0 amide bonds. The predicted molar refractivity (Wildman–Crippen MR) is 104 cm³/mol. The molecule has 2 aliphatic heterocycles. The molecule has 0 radical (unpaired) electrons. The van der Waals surface area contributed by atoms with Crippen LogP contribution in [0.4, 0.5) is 43.9 Å². The van der Waals surface area contributed by atoms with E-state index < -0.39 is 75.0 Å². The summed E-state index contributed by atoms with van der Waals surface area (Å²) in [5.74, 6) is -25.7. The van der Waals surface area contributed by atoms with E-state index >= 15 is 0 Å². The van der Waals surface area contributed by atoms with E-state index in [9.17, 15) is 43.9 Å². The van der Waals surface area contributed by atoms with E-state index in [1.54, 1.807) is 0 Å². The first-order valence-electron chi connectivity index (χ1n) is 10.4. The summed E-state index contributed by atoms with van der Waals surface area (Å²) in [5, 5.41) is 0. The fourth-order valence-corrected chi connectivity index (χ4v) is 3.94. The van der Waals surface area contributed by atoms with Crippen molar-refractivity contribution in [3.05, 3.63) is 59.2 Å². The van der Waals surface area contributed by atoms with Crippen LogP contribution in [0, 0.1) is 11.6 Å². The van der Waals surface area contributed by atoms with Gasteiger partial charge in [0.05, 0.1) is 13.1 Å². The average molecular weight is 532 g/mol. The molecule has 2 aliphatic rings. The van der Waals surface area contributed by atoms with Crippen LogP contribution in [-0.2, 0) is 13.1 Å². The quantitative estimate of drug-likeness (QED) is 0.440. The van der Waals surface area contributed by atoms with Crippen LogP contribution in [0.25, 0.3) is 0 Å². The van der Waals surface area contributed by atoms with Crippen LogP contribution in [-0.4, -0.2) is 60.0 Å². The van der Waals surface area contributed by atoms with Gasteiger partial charge in [0.1, 0.15) is 36.6 Å². The number of ether oxygens (including phenoxy) is 2. The second kappa shape index (κ2) is 8.98. The van der Waals surface area contributed by atoms with Crippen molar-refractivity contribution >= 4 is 0 Å². The van der Waals surface area contributed by atoms with Crippen molar-refractivity contribution in [2.24, 2.45) is 0 Å². The van der Waals surface area contributed by atoms with Gasteiger partial charge in [-0.15, -0.1) is 0 Å². The molecular weight excluding hydrogens is 514 g/mol.